The molecule has 26 heavy (non-hydrogen) atoms. The van der Waals surface area contributed by atoms with Crippen molar-refractivity contribution in [1.29, 1.82) is 0 Å². The molecule has 1 heterocycles. The van der Waals surface area contributed by atoms with Crippen molar-refractivity contribution < 1.29 is 14.7 Å². The Morgan fingerprint density at radius 3 is 2.54 bits per heavy atom. The highest BCUT2D eigenvalue weighted by Crippen LogP contribution is 2.33. The fourth-order valence-electron chi connectivity index (χ4n) is 3.01. The molecule has 1 aromatic heterocycles. The second kappa shape index (κ2) is 7.66. The second-order valence-corrected chi connectivity index (χ2v) is 6.61. The van der Waals surface area contributed by atoms with Gasteiger partial charge in [-0.05, 0) is 30.4 Å². The van der Waals surface area contributed by atoms with Gasteiger partial charge in [-0.25, -0.2) is 0 Å². The molecule has 1 aliphatic rings. The summed E-state index contributed by atoms with van der Waals surface area (Å²) in [4.78, 5) is 37.5. The van der Waals surface area contributed by atoms with Gasteiger partial charge in [-0.1, -0.05) is 30.3 Å². The Morgan fingerprint density at radius 2 is 1.96 bits per heavy atom. The van der Waals surface area contributed by atoms with E-state index in [1.54, 1.807) is 12.1 Å². The minimum Gasteiger partial charge on any atom is -0.394 e. The monoisotopic (exact) mass is 354 g/mol. The van der Waals surface area contributed by atoms with E-state index < -0.39 is 17.5 Å². The number of amides is 1. The van der Waals surface area contributed by atoms with Crippen LogP contribution in [0.3, 0.4) is 0 Å². The normalized spacial score (nSPS) is 14.7. The third-order valence-corrected chi connectivity index (χ3v) is 4.70. The van der Waals surface area contributed by atoms with E-state index in [0.717, 1.165) is 18.4 Å². The Hall–Kier alpha value is -2.73. The molecular weight excluding hydrogens is 332 g/mol. The van der Waals surface area contributed by atoms with Gasteiger partial charge in [0.2, 0.25) is 0 Å². The first-order valence-electron chi connectivity index (χ1n) is 8.72. The number of hydrogen-bond acceptors (Lipinski definition) is 4. The van der Waals surface area contributed by atoms with Gasteiger partial charge < -0.3 is 15.0 Å². The summed E-state index contributed by atoms with van der Waals surface area (Å²) < 4.78 is 1.29. The van der Waals surface area contributed by atoms with Gasteiger partial charge >= 0.3 is 0 Å². The number of rotatable bonds is 7. The average molecular weight is 354 g/mol. The molecule has 2 N–H and O–H groups in total. The molecule has 0 aliphatic heterocycles. The summed E-state index contributed by atoms with van der Waals surface area (Å²) >= 11 is 0. The summed E-state index contributed by atoms with van der Waals surface area (Å²) in [6, 6.07) is 9.75. The van der Waals surface area contributed by atoms with Gasteiger partial charge in [-0.2, -0.15) is 0 Å². The number of nitrogens with one attached hydrogen (secondary N) is 1. The Balaban J connectivity index is 2.11. The average Bonchev–Trinajstić information content (AvgIpc) is 3.47. The maximum atomic E-state index is 12.8. The van der Waals surface area contributed by atoms with E-state index in [2.05, 4.69) is 5.32 Å². The molecule has 2 aromatic rings. The van der Waals surface area contributed by atoms with Crippen molar-refractivity contribution in [1.82, 2.24) is 9.88 Å². The van der Waals surface area contributed by atoms with Gasteiger partial charge in [0, 0.05) is 25.2 Å². The predicted octanol–water partition coefficient (Wildman–Crippen LogP) is 1.77. The van der Waals surface area contributed by atoms with Crippen molar-refractivity contribution in [2.45, 2.75) is 25.3 Å². The van der Waals surface area contributed by atoms with Crippen molar-refractivity contribution >= 4 is 11.7 Å². The number of aromatic nitrogens is 1. The molecule has 0 radical (unpaired) electrons. The minimum absolute atomic E-state index is 0.0869. The maximum Gasteiger partial charge on any atom is 0.264 e. The third-order valence-electron chi connectivity index (χ3n) is 4.70. The molecule has 1 fully saturated rings. The highest BCUT2D eigenvalue weighted by molar-refractivity contribution is 6.00. The van der Waals surface area contributed by atoms with Crippen molar-refractivity contribution in [2.75, 3.05) is 13.7 Å². The second-order valence-electron chi connectivity index (χ2n) is 6.61. The molecule has 6 nitrogen and oxygen atoms in total. The predicted molar refractivity (Wildman–Crippen MR) is 97.4 cm³/mol. The van der Waals surface area contributed by atoms with Crippen LogP contribution in [0.4, 0.5) is 0 Å². The lowest BCUT2D eigenvalue weighted by molar-refractivity contribution is 0.0960. The molecule has 1 amide bonds. The van der Waals surface area contributed by atoms with Gasteiger partial charge in [-0.3, -0.25) is 14.4 Å². The Kier molecular flexibility index (Phi) is 5.32. The molecule has 0 saturated heterocycles. The van der Waals surface area contributed by atoms with Crippen molar-refractivity contribution in [2.24, 2.45) is 5.92 Å². The lowest BCUT2D eigenvalue weighted by Gasteiger charge is -2.20. The van der Waals surface area contributed by atoms with Gasteiger partial charge in [0.25, 0.3) is 11.5 Å². The summed E-state index contributed by atoms with van der Waals surface area (Å²) in [6.07, 6.45) is 3.96. The Morgan fingerprint density at radius 1 is 1.27 bits per heavy atom. The quantitative estimate of drug-likeness (QED) is 0.742. The van der Waals surface area contributed by atoms with Crippen molar-refractivity contribution in [3.8, 4) is 0 Å². The summed E-state index contributed by atoms with van der Waals surface area (Å²) in [5.41, 5.74) is 0.426. The fourth-order valence-corrected chi connectivity index (χ4v) is 3.01. The van der Waals surface area contributed by atoms with Crippen LogP contribution in [0.5, 0.6) is 0 Å². The summed E-state index contributed by atoms with van der Waals surface area (Å²) in [6.45, 7) is -0.322. The summed E-state index contributed by atoms with van der Waals surface area (Å²) in [5.74, 6) is -0.236. The zero-order chi connectivity index (χ0) is 18.7. The first-order chi connectivity index (χ1) is 12.5. The zero-order valence-electron chi connectivity index (χ0n) is 14.6. The van der Waals surface area contributed by atoms with Crippen LogP contribution in [0, 0.1) is 5.92 Å². The van der Waals surface area contributed by atoms with Crippen LogP contribution >= 0.6 is 0 Å². The molecule has 1 atom stereocenters. The van der Waals surface area contributed by atoms with Crippen LogP contribution in [-0.4, -0.2) is 35.0 Å². The van der Waals surface area contributed by atoms with E-state index in [0.29, 0.717) is 17.9 Å². The molecule has 3 rings (SSSR count). The smallest absolute Gasteiger partial charge is 0.264 e. The molecule has 1 aromatic carbocycles. The topological polar surface area (TPSA) is 88.4 Å². The largest absolute Gasteiger partial charge is 0.394 e. The number of aliphatic hydroxyl groups excluding tert-OH is 1. The number of carbonyl (C=O) groups is 2. The molecule has 1 aliphatic carbocycles. The Bertz CT molecular complexity index is 869. The number of benzene rings is 1. The molecular formula is C20H22N2O4. The van der Waals surface area contributed by atoms with Crippen LogP contribution in [0.15, 0.2) is 47.4 Å². The highest BCUT2D eigenvalue weighted by atomic mass is 16.3. The van der Waals surface area contributed by atoms with Gasteiger partial charge in [0.1, 0.15) is 5.56 Å². The van der Waals surface area contributed by atoms with Crippen LogP contribution in [-0.2, 0) is 0 Å². The molecule has 6 heteroatoms. The number of Topliss-reactive ketones (excluding diaryl/α,β-unsaturated/α-hetero) is 1. The van der Waals surface area contributed by atoms with Crippen LogP contribution < -0.4 is 10.9 Å². The van der Waals surface area contributed by atoms with Gasteiger partial charge in [0.15, 0.2) is 5.78 Å². The molecule has 0 unspecified atom stereocenters. The van der Waals surface area contributed by atoms with E-state index in [1.165, 1.54) is 23.9 Å². The van der Waals surface area contributed by atoms with E-state index in [9.17, 15) is 19.5 Å². The lowest BCUT2D eigenvalue weighted by atomic mass is 10.0. The summed E-state index contributed by atoms with van der Waals surface area (Å²) in [5, 5.41) is 12.3. The first-order valence-corrected chi connectivity index (χ1v) is 8.72. The number of hydrogen-bond donors (Lipinski definition) is 2. The number of pyridine rings is 1. The fraction of sp³-hybridized carbons (Fsp3) is 0.350. The van der Waals surface area contributed by atoms with Crippen LogP contribution in [0.25, 0.3) is 0 Å². The zero-order valence-corrected chi connectivity index (χ0v) is 14.6. The lowest BCUT2D eigenvalue weighted by Crippen LogP contribution is -2.35. The Labute approximate surface area is 151 Å². The van der Waals surface area contributed by atoms with Gasteiger partial charge in [0.05, 0.1) is 12.6 Å². The van der Waals surface area contributed by atoms with Gasteiger partial charge in [-0.15, -0.1) is 0 Å². The first kappa shape index (κ1) is 18.1. The molecule has 1 saturated carbocycles. The SMILES string of the molecule is CNC(=O)c1cc(C(=O)CC2CC2)cn([C@H](CO)c2ccccc2)c1=O. The maximum absolute atomic E-state index is 12.8. The van der Waals surface area contributed by atoms with Crippen molar-refractivity contribution in [3.63, 3.8) is 0 Å². The van der Waals surface area contributed by atoms with E-state index in [-0.39, 0.29) is 18.0 Å². The number of nitrogens with zero attached hydrogens (tertiary/aromatic N) is 1. The highest BCUT2D eigenvalue weighted by Gasteiger charge is 2.27. The van der Waals surface area contributed by atoms with Crippen LogP contribution in [0.2, 0.25) is 0 Å². The van der Waals surface area contributed by atoms with Crippen molar-refractivity contribution in [3.05, 3.63) is 69.6 Å². The number of ketones is 1. The molecule has 0 spiro atoms. The molecule has 0 bridgehead atoms. The standard InChI is InChI=1S/C20H22N2O4/c1-21-19(25)16-10-15(18(24)9-13-7-8-13)11-22(20(16)26)17(12-23)14-5-3-2-4-6-14/h2-6,10-11,13,17,23H,7-9,12H2,1H3,(H,21,25)/t17-/m1/s1. The number of aliphatic hydroxyl groups is 1. The summed E-state index contributed by atoms with van der Waals surface area (Å²) in [7, 11) is 1.44. The van der Waals surface area contributed by atoms with E-state index in [1.807, 2.05) is 18.2 Å². The minimum atomic E-state index is -0.666. The van der Waals surface area contributed by atoms with Crippen LogP contribution in [0.1, 0.15) is 51.6 Å². The van der Waals surface area contributed by atoms with E-state index in [4.69, 9.17) is 0 Å². The number of carbonyl (C=O) groups excluding carboxylic acids is 2. The van der Waals surface area contributed by atoms with E-state index >= 15 is 0 Å². The molecule has 136 valence electrons. The third kappa shape index (κ3) is 3.75.